The summed E-state index contributed by atoms with van der Waals surface area (Å²) in [5.74, 6) is 0.265. The number of nitrogens with one attached hydrogen (secondary N) is 1. The zero-order chi connectivity index (χ0) is 12.3. The van der Waals surface area contributed by atoms with Gasteiger partial charge in [0.1, 0.15) is 0 Å². The lowest BCUT2D eigenvalue weighted by Gasteiger charge is -2.24. The second kappa shape index (κ2) is 5.35. The maximum atomic E-state index is 12.0. The molecule has 0 aromatic heterocycles. The van der Waals surface area contributed by atoms with Gasteiger partial charge in [-0.25, -0.2) is 0 Å². The Bertz CT molecular complexity index is 309. The van der Waals surface area contributed by atoms with Gasteiger partial charge in [0, 0.05) is 6.61 Å². The summed E-state index contributed by atoms with van der Waals surface area (Å²) in [6.45, 7) is 1.20. The third kappa shape index (κ3) is 3.09. The van der Waals surface area contributed by atoms with Crippen LogP contribution in [0.1, 0.15) is 25.7 Å². The maximum Gasteiger partial charge on any atom is 0.226 e. The zero-order valence-corrected chi connectivity index (χ0v) is 9.76. The van der Waals surface area contributed by atoms with Gasteiger partial charge in [-0.15, -0.1) is 0 Å². The molecule has 0 bridgehead atoms. The summed E-state index contributed by atoms with van der Waals surface area (Å²) in [6.07, 6.45) is 3.79. The fourth-order valence-corrected chi connectivity index (χ4v) is 2.14. The number of amides is 1. The van der Waals surface area contributed by atoms with Gasteiger partial charge in [-0.05, 0) is 31.6 Å². The van der Waals surface area contributed by atoms with E-state index in [1.54, 1.807) is 0 Å². The second-order valence-electron chi connectivity index (χ2n) is 4.76. The van der Waals surface area contributed by atoms with Crippen LogP contribution < -0.4 is 11.1 Å². The Balaban J connectivity index is 1.90. The predicted molar refractivity (Wildman–Crippen MR) is 61.6 cm³/mol. The largest absolute Gasteiger partial charge is 0.409 e. The first-order chi connectivity index (χ1) is 8.22. The molecule has 2 atom stereocenters. The molecule has 0 aromatic rings. The Hall–Kier alpha value is -1.30. The van der Waals surface area contributed by atoms with Gasteiger partial charge in [0.2, 0.25) is 5.91 Å². The summed E-state index contributed by atoms with van der Waals surface area (Å²) in [4.78, 5) is 12.0. The van der Waals surface area contributed by atoms with Crippen molar-refractivity contribution in [3.05, 3.63) is 0 Å². The molecule has 0 aromatic carbocycles. The second-order valence-corrected chi connectivity index (χ2v) is 4.76. The lowest BCUT2D eigenvalue weighted by Crippen LogP contribution is -2.49. The van der Waals surface area contributed by atoms with Crippen LogP contribution in [0.15, 0.2) is 5.16 Å². The van der Waals surface area contributed by atoms with Gasteiger partial charge < -0.3 is 21.0 Å². The molecule has 1 amide bonds. The predicted octanol–water partition coefficient (Wildman–Crippen LogP) is 0.0542. The lowest BCUT2D eigenvalue weighted by molar-refractivity contribution is -0.129. The Labute approximate surface area is 100 Å². The monoisotopic (exact) mass is 241 g/mol. The molecule has 0 spiro atoms. The van der Waals surface area contributed by atoms with Gasteiger partial charge in [-0.3, -0.25) is 4.79 Å². The fraction of sp³-hybridized carbons (Fsp3) is 0.818. The highest BCUT2D eigenvalue weighted by Crippen LogP contribution is 2.33. The van der Waals surface area contributed by atoms with Crippen LogP contribution in [0, 0.1) is 11.8 Å². The summed E-state index contributed by atoms with van der Waals surface area (Å²) in [5.41, 5.74) is 5.59. The molecule has 1 aliphatic heterocycles. The Morgan fingerprint density at radius 1 is 1.47 bits per heavy atom. The van der Waals surface area contributed by atoms with E-state index < -0.39 is 0 Å². The van der Waals surface area contributed by atoms with Crippen LogP contribution in [0.4, 0.5) is 0 Å². The number of amidine groups is 1. The SMILES string of the molecule is NC(=NO)C(NC(=O)C1CCCOC1)C1CC1. The van der Waals surface area contributed by atoms with E-state index in [2.05, 4.69) is 10.5 Å². The number of carbonyl (C=O) groups excluding carboxylic acids is 1. The summed E-state index contributed by atoms with van der Waals surface area (Å²) in [5, 5.41) is 14.6. The van der Waals surface area contributed by atoms with E-state index in [0.29, 0.717) is 12.5 Å². The number of nitrogens with zero attached hydrogens (tertiary/aromatic N) is 1. The molecule has 0 radical (unpaired) electrons. The molecule has 1 saturated heterocycles. The first-order valence-electron chi connectivity index (χ1n) is 6.08. The van der Waals surface area contributed by atoms with E-state index in [-0.39, 0.29) is 23.7 Å². The van der Waals surface area contributed by atoms with Gasteiger partial charge in [-0.1, -0.05) is 5.16 Å². The van der Waals surface area contributed by atoms with Crippen LogP contribution in [-0.4, -0.2) is 36.2 Å². The number of rotatable bonds is 4. The number of ether oxygens (including phenoxy) is 1. The van der Waals surface area contributed by atoms with Gasteiger partial charge in [-0.2, -0.15) is 0 Å². The minimum Gasteiger partial charge on any atom is -0.409 e. The van der Waals surface area contributed by atoms with Crippen LogP contribution >= 0.6 is 0 Å². The van der Waals surface area contributed by atoms with Crippen molar-refractivity contribution in [3.63, 3.8) is 0 Å². The third-order valence-electron chi connectivity index (χ3n) is 3.36. The number of hydrogen-bond acceptors (Lipinski definition) is 4. The van der Waals surface area contributed by atoms with Crippen molar-refractivity contribution in [1.82, 2.24) is 5.32 Å². The molecule has 6 nitrogen and oxygen atoms in total. The van der Waals surface area contributed by atoms with E-state index in [4.69, 9.17) is 15.7 Å². The smallest absolute Gasteiger partial charge is 0.226 e. The van der Waals surface area contributed by atoms with Crippen LogP contribution in [0.3, 0.4) is 0 Å². The van der Waals surface area contributed by atoms with Crippen molar-refractivity contribution in [3.8, 4) is 0 Å². The Kier molecular flexibility index (Phi) is 3.83. The molecule has 4 N–H and O–H groups in total. The number of hydrogen-bond donors (Lipinski definition) is 3. The van der Waals surface area contributed by atoms with Crippen LogP contribution in [0.2, 0.25) is 0 Å². The summed E-state index contributed by atoms with van der Waals surface area (Å²) >= 11 is 0. The molecule has 2 aliphatic rings. The van der Waals surface area contributed by atoms with Crippen molar-refractivity contribution in [2.45, 2.75) is 31.7 Å². The summed E-state index contributed by atoms with van der Waals surface area (Å²) < 4.78 is 5.28. The van der Waals surface area contributed by atoms with Crippen molar-refractivity contribution < 1.29 is 14.7 Å². The van der Waals surface area contributed by atoms with Crippen molar-refractivity contribution in [2.75, 3.05) is 13.2 Å². The van der Waals surface area contributed by atoms with E-state index in [1.807, 2.05) is 0 Å². The van der Waals surface area contributed by atoms with E-state index in [0.717, 1.165) is 32.3 Å². The van der Waals surface area contributed by atoms with Gasteiger partial charge in [0.15, 0.2) is 5.84 Å². The van der Waals surface area contributed by atoms with Crippen LogP contribution in [0.25, 0.3) is 0 Å². The van der Waals surface area contributed by atoms with Gasteiger partial charge in [0.25, 0.3) is 0 Å². The normalized spacial score (nSPS) is 27.5. The molecule has 6 heteroatoms. The molecule has 1 heterocycles. The minimum atomic E-state index is -0.325. The number of nitrogens with two attached hydrogens (primary N) is 1. The average molecular weight is 241 g/mol. The third-order valence-corrected chi connectivity index (χ3v) is 3.36. The fourth-order valence-electron chi connectivity index (χ4n) is 2.14. The molecule has 17 heavy (non-hydrogen) atoms. The molecule has 2 unspecified atom stereocenters. The van der Waals surface area contributed by atoms with Gasteiger partial charge >= 0.3 is 0 Å². The first kappa shape index (κ1) is 12.2. The first-order valence-corrected chi connectivity index (χ1v) is 6.08. The quantitative estimate of drug-likeness (QED) is 0.280. The van der Waals surface area contributed by atoms with Crippen LogP contribution in [0.5, 0.6) is 0 Å². The average Bonchev–Trinajstić information content (AvgIpc) is 3.20. The molecular formula is C11H19N3O3. The van der Waals surface area contributed by atoms with Gasteiger partial charge in [0.05, 0.1) is 18.6 Å². The van der Waals surface area contributed by atoms with E-state index >= 15 is 0 Å². The maximum absolute atomic E-state index is 12.0. The standard InChI is InChI=1S/C11H19N3O3/c12-10(14-16)9(7-3-4-7)13-11(15)8-2-1-5-17-6-8/h7-9,16H,1-6H2,(H2,12,14)(H,13,15). The van der Waals surface area contributed by atoms with Crippen molar-refractivity contribution in [2.24, 2.45) is 22.7 Å². The molecule has 1 aliphatic carbocycles. The Morgan fingerprint density at radius 2 is 2.24 bits per heavy atom. The molecule has 2 rings (SSSR count). The Morgan fingerprint density at radius 3 is 2.76 bits per heavy atom. The van der Waals surface area contributed by atoms with E-state index in [1.165, 1.54) is 0 Å². The molecule has 2 fully saturated rings. The summed E-state index contributed by atoms with van der Waals surface area (Å²) in [6, 6.07) is -0.325. The number of carbonyl (C=O) groups is 1. The molecule has 1 saturated carbocycles. The zero-order valence-electron chi connectivity index (χ0n) is 9.76. The summed E-state index contributed by atoms with van der Waals surface area (Å²) in [7, 11) is 0. The van der Waals surface area contributed by atoms with Crippen LogP contribution in [-0.2, 0) is 9.53 Å². The highest BCUT2D eigenvalue weighted by atomic mass is 16.5. The molecule has 96 valence electrons. The topological polar surface area (TPSA) is 96.9 Å². The van der Waals surface area contributed by atoms with Crippen molar-refractivity contribution in [1.29, 1.82) is 0 Å². The van der Waals surface area contributed by atoms with E-state index in [9.17, 15) is 4.79 Å². The highest BCUT2D eigenvalue weighted by Gasteiger charge is 2.36. The highest BCUT2D eigenvalue weighted by molar-refractivity contribution is 5.91. The van der Waals surface area contributed by atoms with Crippen molar-refractivity contribution >= 4 is 11.7 Å². The lowest BCUT2D eigenvalue weighted by atomic mass is 10.0. The number of oxime groups is 1. The minimum absolute atomic E-state index is 0.0480. The molecular weight excluding hydrogens is 222 g/mol.